The molecule has 3 heteroatoms. The van der Waals surface area contributed by atoms with Crippen LogP contribution >= 0.6 is 23.2 Å². The molecular formula is C16H17Cl2N. The molecule has 2 rings (SSSR count). The van der Waals surface area contributed by atoms with Gasteiger partial charge in [-0.3, -0.25) is 0 Å². The van der Waals surface area contributed by atoms with Crippen molar-refractivity contribution in [2.75, 3.05) is 5.73 Å². The third-order valence-electron chi connectivity index (χ3n) is 3.13. The SMILES string of the molecule is Nc1cccc(CCCCc2ccc(Cl)cc2Cl)c1. The molecule has 0 spiro atoms. The van der Waals surface area contributed by atoms with E-state index in [4.69, 9.17) is 28.9 Å². The largest absolute Gasteiger partial charge is 0.399 e. The molecule has 0 bridgehead atoms. The molecule has 0 saturated heterocycles. The number of rotatable bonds is 5. The lowest BCUT2D eigenvalue weighted by Gasteiger charge is -2.05. The average Bonchev–Trinajstić information content (AvgIpc) is 2.37. The first-order valence-electron chi connectivity index (χ1n) is 6.43. The third kappa shape index (κ3) is 4.45. The van der Waals surface area contributed by atoms with Gasteiger partial charge in [0.05, 0.1) is 0 Å². The summed E-state index contributed by atoms with van der Waals surface area (Å²) >= 11 is 12.0. The highest BCUT2D eigenvalue weighted by Crippen LogP contribution is 2.22. The molecule has 2 aromatic carbocycles. The van der Waals surface area contributed by atoms with Crippen LogP contribution in [0.3, 0.4) is 0 Å². The minimum atomic E-state index is 0.688. The van der Waals surface area contributed by atoms with E-state index in [1.165, 1.54) is 11.1 Å². The molecule has 19 heavy (non-hydrogen) atoms. The van der Waals surface area contributed by atoms with Crippen molar-refractivity contribution in [2.24, 2.45) is 0 Å². The Hall–Kier alpha value is -1.18. The van der Waals surface area contributed by atoms with E-state index in [1.807, 2.05) is 30.3 Å². The first-order valence-corrected chi connectivity index (χ1v) is 7.19. The minimum Gasteiger partial charge on any atom is -0.399 e. The summed E-state index contributed by atoms with van der Waals surface area (Å²) in [6.07, 6.45) is 4.27. The highest BCUT2D eigenvalue weighted by Gasteiger charge is 2.01. The third-order valence-corrected chi connectivity index (χ3v) is 3.71. The summed E-state index contributed by atoms with van der Waals surface area (Å²) in [5.74, 6) is 0. The Labute approximate surface area is 124 Å². The van der Waals surface area contributed by atoms with Crippen LogP contribution in [-0.4, -0.2) is 0 Å². The number of hydrogen-bond donors (Lipinski definition) is 1. The molecule has 100 valence electrons. The number of hydrogen-bond acceptors (Lipinski definition) is 1. The monoisotopic (exact) mass is 293 g/mol. The number of halogens is 2. The van der Waals surface area contributed by atoms with Gasteiger partial charge in [-0.25, -0.2) is 0 Å². The molecular weight excluding hydrogens is 277 g/mol. The van der Waals surface area contributed by atoms with E-state index in [0.29, 0.717) is 5.02 Å². The zero-order valence-corrected chi connectivity index (χ0v) is 12.2. The second-order valence-corrected chi connectivity index (χ2v) is 5.53. The van der Waals surface area contributed by atoms with Gasteiger partial charge in [0.2, 0.25) is 0 Å². The molecule has 1 nitrogen and oxygen atoms in total. The summed E-state index contributed by atoms with van der Waals surface area (Å²) in [5, 5.41) is 1.45. The standard InChI is InChI=1S/C16H17Cl2N/c17-14-9-8-13(16(18)11-14)6-2-1-4-12-5-3-7-15(19)10-12/h3,5,7-11H,1-2,4,6,19H2. The van der Waals surface area contributed by atoms with E-state index in [2.05, 4.69) is 6.07 Å². The van der Waals surface area contributed by atoms with Crippen molar-refractivity contribution in [3.63, 3.8) is 0 Å². The fourth-order valence-corrected chi connectivity index (χ4v) is 2.62. The average molecular weight is 294 g/mol. The summed E-state index contributed by atoms with van der Waals surface area (Å²) < 4.78 is 0. The summed E-state index contributed by atoms with van der Waals surface area (Å²) in [4.78, 5) is 0. The van der Waals surface area contributed by atoms with Gasteiger partial charge in [0.25, 0.3) is 0 Å². The Bertz CT molecular complexity index is 552. The van der Waals surface area contributed by atoms with Crippen molar-refractivity contribution in [1.29, 1.82) is 0 Å². The van der Waals surface area contributed by atoms with Crippen molar-refractivity contribution in [1.82, 2.24) is 0 Å². The molecule has 0 aliphatic carbocycles. The van der Waals surface area contributed by atoms with E-state index in [1.54, 1.807) is 6.07 Å². The maximum absolute atomic E-state index is 6.15. The van der Waals surface area contributed by atoms with Gasteiger partial charge in [-0.15, -0.1) is 0 Å². The molecule has 0 aromatic heterocycles. The zero-order valence-electron chi connectivity index (χ0n) is 10.7. The predicted molar refractivity (Wildman–Crippen MR) is 84.0 cm³/mol. The van der Waals surface area contributed by atoms with Crippen molar-refractivity contribution in [3.05, 3.63) is 63.6 Å². The van der Waals surface area contributed by atoms with Crippen LogP contribution in [0.15, 0.2) is 42.5 Å². The lowest BCUT2D eigenvalue weighted by molar-refractivity contribution is 0.734. The number of anilines is 1. The zero-order chi connectivity index (χ0) is 13.7. The molecule has 0 aliphatic heterocycles. The minimum absolute atomic E-state index is 0.688. The van der Waals surface area contributed by atoms with Gasteiger partial charge in [-0.1, -0.05) is 41.4 Å². The normalized spacial score (nSPS) is 10.6. The molecule has 0 fully saturated rings. The Morgan fingerprint density at radius 3 is 2.42 bits per heavy atom. The Morgan fingerprint density at radius 1 is 0.895 bits per heavy atom. The number of benzene rings is 2. The Balaban J connectivity index is 1.81. The predicted octanol–water partition coefficient (Wildman–Crippen LogP) is 5.14. The van der Waals surface area contributed by atoms with Crippen molar-refractivity contribution < 1.29 is 0 Å². The molecule has 0 saturated carbocycles. The molecule has 0 amide bonds. The number of unbranched alkanes of at least 4 members (excludes halogenated alkanes) is 1. The van der Waals surface area contributed by atoms with Gasteiger partial charge in [0.1, 0.15) is 0 Å². The summed E-state index contributed by atoms with van der Waals surface area (Å²) in [7, 11) is 0. The molecule has 2 aromatic rings. The van der Waals surface area contributed by atoms with Gasteiger partial charge < -0.3 is 5.73 Å². The maximum Gasteiger partial charge on any atom is 0.0452 e. The molecule has 0 radical (unpaired) electrons. The lowest BCUT2D eigenvalue weighted by Crippen LogP contribution is -1.92. The highest BCUT2D eigenvalue weighted by atomic mass is 35.5. The first-order chi connectivity index (χ1) is 9.15. The molecule has 0 atom stereocenters. The van der Waals surface area contributed by atoms with Crippen molar-refractivity contribution >= 4 is 28.9 Å². The molecule has 0 heterocycles. The van der Waals surface area contributed by atoms with E-state index in [0.717, 1.165) is 36.4 Å². The first kappa shape index (κ1) is 14.2. The number of aryl methyl sites for hydroxylation is 2. The van der Waals surface area contributed by atoms with Crippen LogP contribution in [0.25, 0.3) is 0 Å². The topological polar surface area (TPSA) is 26.0 Å². The quantitative estimate of drug-likeness (QED) is 0.599. The number of nitrogens with two attached hydrogens (primary N) is 1. The fourth-order valence-electron chi connectivity index (χ4n) is 2.12. The van der Waals surface area contributed by atoms with E-state index in [-0.39, 0.29) is 0 Å². The van der Waals surface area contributed by atoms with Crippen molar-refractivity contribution in [3.8, 4) is 0 Å². The van der Waals surface area contributed by atoms with Crippen LogP contribution in [0, 0.1) is 0 Å². The van der Waals surface area contributed by atoms with Crippen molar-refractivity contribution in [2.45, 2.75) is 25.7 Å². The van der Waals surface area contributed by atoms with Crippen LogP contribution in [-0.2, 0) is 12.8 Å². The van der Waals surface area contributed by atoms with Gasteiger partial charge in [-0.05, 0) is 61.1 Å². The fraction of sp³-hybridized carbons (Fsp3) is 0.250. The Morgan fingerprint density at radius 2 is 1.68 bits per heavy atom. The summed E-state index contributed by atoms with van der Waals surface area (Å²) in [5.41, 5.74) is 9.05. The second-order valence-electron chi connectivity index (χ2n) is 4.69. The van der Waals surface area contributed by atoms with Crippen LogP contribution < -0.4 is 5.73 Å². The van der Waals surface area contributed by atoms with Crippen LogP contribution in [0.4, 0.5) is 5.69 Å². The molecule has 0 aliphatic rings. The molecule has 2 N–H and O–H groups in total. The number of nitrogen functional groups attached to an aromatic ring is 1. The van der Waals surface area contributed by atoms with Crippen LogP contribution in [0.5, 0.6) is 0 Å². The molecule has 0 unspecified atom stereocenters. The van der Waals surface area contributed by atoms with Crippen LogP contribution in [0.2, 0.25) is 10.0 Å². The van der Waals surface area contributed by atoms with Crippen LogP contribution in [0.1, 0.15) is 24.0 Å². The summed E-state index contributed by atoms with van der Waals surface area (Å²) in [6, 6.07) is 13.8. The smallest absolute Gasteiger partial charge is 0.0452 e. The second kappa shape index (κ2) is 6.83. The van der Waals surface area contributed by atoms with E-state index in [9.17, 15) is 0 Å². The van der Waals surface area contributed by atoms with Gasteiger partial charge in [-0.2, -0.15) is 0 Å². The maximum atomic E-state index is 6.15. The Kier molecular flexibility index (Phi) is 5.12. The van der Waals surface area contributed by atoms with Gasteiger partial charge >= 0.3 is 0 Å². The van der Waals surface area contributed by atoms with Gasteiger partial charge in [0.15, 0.2) is 0 Å². The van der Waals surface area contributed by atoms with Gasteiger partial charge in [0, 0.05) is 15.7 Å². The van der Waals surface area contributed by atoms with E-state index < -0.39 is 0 Å². The van der Waals surface area contributed by atoms with E-state index >= 15 is 0 Å². The summed E-state index contributed by atoms with van der Waals surface area (Å²) in [6.45, 7) is 0. The lowest BCUT2D eigenvalue weighted by atomic mass is 10.0. The highest BCUT2D eigenvalue weighted by molar-refractivity contribution is 6.35.